The minimum atomic E-state index is -1.06. The van der Waals surface area contributed by atoms with Crippen LogP contribution in [-0.2, 0) is 0 Å². The van der Waals surface area contributed by atoms with Crippen molar-refractivity contribution in [2.45, 2.75) is 38.1 Å². The summed E-state index contributed by atoms with van der Waals surface area (Å²) in [6.45, 7) is 0. The molecule has 0 saturated heterocycles. The SMILES string of the molecule is COc1cc(OC)cc(-c2ccc3cc(-c4nc5c(-c6ccc7ncccc7c6)c(C(=O)O)c(-c6cc(OC)cc(OC)c6)cc5n4C4CCCCC4)ccc3n2)c1. The lowest BCUT2D eigenvalue weighted by molar-refractivity contribution is 0.0698. The maximum absolute atomic E-state index is 13.7. The highest BCUT2D eigenvalue weighted by atomic mass is 16.5. The molecule has 10 nitrogen and oxygen atoms in total. The predicted molar refractivity (Wildman–Crippen MR) is 227 cm³/mol. The number of aromatic carboxylic acids is 1. The van der Waals surface area contributed by atoms with Crippen LogP contribution in [0.15, 0.2) is 109 Å². The summed E-state index contributed by atoms with van der Waals surface area (Å²) in [6.07, 6.45) is 7.10. The van der Waals surface area contributed by atoms with Crippen LogP contribution in [-0.4, -0.2) is 59.0 Å². The lowest BCUT2D eigenvalue weighted by Crippen LogP contribution is -2.14. The second-order valence-electron chi connectivity index (χ2n) is 14.7. The van der Waals surface area contributed by atoms with Gasteiger partial charge < -0.3 is 28.6 Å². The Morgan fingerprint density at radius 3 is 1.93 bits per heavy atom. The third kappa shape index (κ3) is 6.60. The van der Waals surface area contributed by atoms with Crippen molar-refractivity contribution in [1.29, 1.82) is 0 Å². The van der Waals surface area contributed by atoms with Gasteiger partial charge in [0, 0.05) is 51.8 Å². The van der Waals surface area contributed by atoms with Gasteiger partial charge in [0.05, 0.1) is 61.8 Å². The average Bonchev–Trinajstić information content (AvgIpc) is 3.67. The lowest BCUT2D eigenvalue weighted by Gasteiger charge is -2.26. The van der Waals surface area contributed by atoms with Crippen molar-refractivity contribution in [3.8, 4) is 67.9 Å². The smallest absolute Gasteiger partial charge is 0.337 e. The van der Waals surface area contributed by atoms with E-state index in [4.69, 9.17) is 28.9 Å². The number of rotatable bonds is 10. The fourth-order valence-corrected chi connectivity index (χ4v) is 8.45. The Bertz CT molecular complexity index is 2830. The number of aromatic nitrogens is 4. The number of imidazole rings is 1. The zero-order valence-corrected chi connectivity index (χ0v) is 32.8. The first kappa shape index (κ1) is 36.7. The van der Waals surface area contributed by atoms with Crippen LogP contribution in [0.5, 0.6) is 23.0 Å². The van der Waals surface area contributed by atoms with Crippen LogP contribution in [0.4, 0.5) is 0 Å². The number of pyridine rings is 2. The molecule has 58 heavy (non-hydrogen) atoms. The molecule has 1 N–H and O–H groups in total. The van der Waals surface area contributed by atoms with E-state index in [0.717, 1.165) is 81.2 Å². The Morgan fingerprint density at radius 2 is 1.26 bits per heavy atom. The summed E-state index contributed by atoms with van der Waals surface area (Å²) in [5, 5.41) is 13.0. The molecule has 8 aromatic rings. The standard InChI is InChI=1S/C48H42N4O6/c1-55-35-21-32(22-36(25-35)56-2)39-27-43-46(44(45(39)48(53)54)30-13-15-40-28(19-30)9-8-18-49-40)51-47(52(43)34-10-6-5-7-11-34)31-14-17-41-29(20-31)12-16-42(50-41)33-23-37(57-3)26-38(24-33)58-4/h8-9,12-27,34H,5-7,10-11H2,1-4H3,(H,53,54). The second kappa shape index (κ2) is 15.2. The first-order valence-corrected chi connectivity index (χ1v) is 19.4. The number of fused-ring (bicyclic) bond motifs is 3. The molecule has 3 aromatic heterocycles. The van der Waals surface area contributed by atoms with E-state index >= 15 is 0 Å². The molecular weight excluding hydrogens is 729 g/mol. The predicted octanol–water partition coefficient (Wildman–Crippen LogP) is 11.0. The van der Waals surface area contributed by atoms with E-state index in [-0.39, 0.29) is 11.6 Å². The van der Waals surface area contributed by atoms with Crippen molar-refractivity contribution >= 4 is 38.8 Å². The Kier molecular flexibility index (Phi) is 9.61. The Labute approximate surface area is 335 Å². The molecule has 10 heteroatoms. The second-order valence-corrected chi connectivity index (χ2v) is 14.7. The number of hydrogen-bond acceptors (Lipinski definition) is 8. The summed E-state index contributed by atoms with van der Waals surface area (Å²) in [6, 6.07) is 33.5. The van der Waals surface area contributed by atoms with Crippen molar-refractivity contribution in [3.05, 3.63) is 115 Å². The van der Waals surface area contributed by atoms with E-state index in [1.165, 1.54) is 6.42 Å². The summed E-state index contributed by atoms with van der Waals surface area (Å²) in [7, 11) is 6.45. The molecule has 1 fully saturated rings. The quantitative estimate of drug-likeness (QED) is 0.145. The maximum atomic E-state index is 13.7. The van der Waals surface area contributed by atoms with Crippen molar-refractivity contribution < 1.29 is 28.8 Å². The largest absolute Gasteiger partial charge is 0.497 e. The van der Waals surface area contributed by atoms with Crippen molar-refractivity contribution in [3.63, 3.8) is 0 Å². The molecule has 0 aliphatic heterocycles. The summed E-state index contributed by atoms with van der Waals surface area (Å²) in [5.74, 6) is 2.22. The van der Waals surface area contributed by atoms with Gasteiger partial charge in [-0.15, -0.1) is 0 Å². The monoisotopic (exact) mass is 770 g/mol. The van der Waals surface area contributed by atoms with Crippen LogP contribution in [0, 0.1) is 0 Å². The topological polar surface area (TPSA) is 118 Å². The first-order valence-electron chi connectivity index (χ1n) is 19.4. The molecule has 0 radical (unpaired) electrons. The summed E-state index contributed by atoms with van der Waals surface area (Å²) < 4.78 is 24.7. The number of ether oxygens (including phenoxy) is 4. The van der Waals surface area contributed by atoms with Crippen LogP contribution in [0.1, 0.15) is 48.5 Å². The Morgan fingerprint density at radius 1 is 0.638 bits per heavy atom. The molecule has 0 spiro atoms. The van der Waals surface area contributed by atoms with Gasteiger partial charge in [0.25, 0.3) is 0 Å². The zero-order chi connectivity index (χ0) is 39.9. The van der Waals surface area contributed by atoms with Crippen LogP contribution in [0.25, 0.3) is 77.7 Å². The van der Waals surface area contributed by atoms with E-state index in [9.17, 15) is 9.90 Å². The Hall–Kier alpha value is -6.94. The third-order valence-corrected chi connectivity index (χ3v) is 11.3. The lowest BCUT2D eigenvalue weighted by atomic mass is 9.89. The van der Waals surface area contributed by atoms with E-state index in [1.54, 1.807) is 40.7 Å². The van der Waals surface area contributed by atoms with Gasteiger partial charge >= 0.3 is 5.97 Å². The molecule has 9 rings (SSSR count). The number of carboxylic acid groups (broad SMARTS) is 1. The van der Waals surface area contributed by atoms with Gasteiger partial charge in [-0.2, -0.15) is 0 Å². The number of methoxy groups -OCH3 is 4. The van der Waals surface area contributed by atoms with Crippen molar-refractivity contribution in [2.75, 3.05) is 28.4 Å². The van der Waals surface area contributed by atoms with E-state index in [1.807, 2.05) is 78.9 Å². The normalized spacial score (nSPS) is 13.2. The van der Waals surface area contributed by atoms with Crippen LogP contribution < -0.4 is 18.9 Å². The van der Waals surface area contributed by atoms with Crippen LogP contribution in [0.3, 0.4) is 0 Å². The molecule has 3 heterocycles. The summed E-state index contributed by atoms with van der Waals surface area (Å²) in [4.78, 5) is 28.7. The first-order chi connectivity index (χ1) is 28.3. The molecule has 0 unspecified atom stereocenters. The van der Waals surface area contributed by atoms with Gasteiger partial charge in [0.2, 0.25) is 0 Å². The van der Waals surface area contributed by atoms with Gasteiger partial charge in [0.15, 0.2) is 0 Å². The van der Waals surface area contributed by atoms with Gasteiger partial charge in [-0.05, 0) is 102 Å². The maximum Gasteiger partial charge on any atom is 0.337 e. The highest BCUT2D eigenvalue weighted by Crippen LogP contribution is 2.45. The summed E-state index contributed by atoms with van der Waals surface area (Å²) >= 11 is 0. The molecule has 290 valence electrons. The molecule has 1 saturated carbocycles. The molecule has 0 atom stereocenters. The van der Waals surface area contributed by atoms with Gasteiger partial charge in [-0.25, -0.2) is 14.8 Å². The molecular formula is C48H42N4O6. The fraction of sp³-hybridized carbons (Fsp3) is 0.208. The highest BCUT2D eigenvalue weighted by molar-refractivity contribution is 6.13. The van der Waals surface area contributed by atoms with Gasteiger partial charge in [-0.1, -0.05) is 37.5 Å². The number of benzene rings is 5. The third-order valence-electron chi connectivity index (χ3n) is 11.3. The molecule has 1 aliphatic carbocycles. The average molecular weight is 771 g/mol. The minimum absolute atomic E-state index is 0.148. The Balaban J connectivity index is 1.31. The van der Waals surface area contributed by atoms with E-state index in [2.05, 4.69) is 27.8 Å². The summed E-state index contributed by atoms with van der Waals surface area (Å²) in [5.41, 5.74) is 8.39. The van der Waals surface area contributed by atoms with E-state index < -0.39 is 5.97 Å². The van der Waals surface area contributed by atoms with Crippen molar-refractivity contribution in [1.82, 2.24) is 19.5 Å². The molecule has 0 amide bonds. The highest BCUT2D eigenvalue weighted by Gasteiger charge is 2.30. The van der Waals surface area contributed by atoms with Gasteiger partial charge in [-0.3, -0.25) is 4.98 Å². The molecule has 1 aliphatic rings. The number of carbonyl (C=O) groups is 1. The molecule has 0 bridgehead atoms. The number of carboxylic acids is 1. The molecule has 5 aromatic carbocycles. The minimum Gasteiger partial charge on any atom is -0.497 e. The zero-order valence-electron chi connectivity index (χ0n) is 32.8. The van der Waals surface area contributed by atoms with Crippen LogP contribution in [0.2, 0.25) is 0 Å². The number of nitrogens with zero attached hydrogens (tertiary/aromatic N) is 4. The van der Waals surface area contributed by atoms with Crippen LogP contribution >= 0.6 is 0 Å². The van der Waals surface area contributed by atoms with E-state index in [0.29, 0.717) is 45.2 Å². The fourth-order valence-electron chi connectivity index (χ4n) is 8.45. The van der Waals surface area contributed by atoms with Crippen molar-refractivity contribution in [2.24, 2.45) is 0 Å². The van der Waals surface area contributed by atoms with Gasteiger partial charge in [0.1, 0.15) is 28.8 Å². The number of hydrogen-bond donors (Lipinski definition) is 1.